The van der Waals surface area contributed by atoms with Gasteiger partial charge in [0.2, 0.25) is 11.8 Å². The average Bonchev–Trinajstić information content (AvgIpc) is 2.75. The molecule has 1 unspecified atom stereocenters. The first-order valence-electron chi connectivity index (χ1n) is 5.98. The van der Waals surface area contributed by atoms with Gasteiger partial charge in [-0.2, -0.15) is 0 Å². The fraction of sp³-hybridized carbons (Fsp3) is 0.727. The lowest BCUT2D eigenvalue weighted by Crippen LogP contribution is -2.47. The van der Waals surface area contributed by atoms with E-state index in [1.165, 1.54) is 0 Å². The van der Waals surface area contributed by atoms with Crippen molar-refractivity contribution in [2.45, 2.75) is 33.1 Å². The Kier molecular flexibility index (Phi) is 3.42. The molecular formula is C11H18N4O2. The van der Waals surface area contributed by atoms with Crippen molar-refractivity contribution in [3.63, 3.8) is 0 Å². The van der Waals surface area contributed by atoms with Gasteiger partial charge in [-0.1, -0.05) is 12.0 Å². The predicted molar refractivity (Wildman–Crippen MR) is 62.5 cm³/mol. The molecule has 1 aromatic heterocycles. The summed E-state index contributed by atoms with van der Waals surface area (Å²) in [5.74, 6) is 0.420. The summed E-state index contributed by atoms with van der Waals surface area (Å²) >= 11 is 0. The summed E-state index contributed by atoms with van der Waals surface area (Å²) in [6.07, 6.45) is 2.72. The van der Waals surface area contributed by atoms with Gasteiger partial charge in [0.15, 0.2) is 0 Å². The van der Waals surface area contributed by atoms with Crippen LogP contribution >= 0.6 is 0 Å². The second-order valence-electron chi connectivity index (χ2n) is 4.49. The molecule has 1 aromatic rings. The average molecular weight is 238 g/mol. The van der Waals surface area contributed by atoms with Crippen molar-refractivity contribution in [3.8, 4) is 0 Å². The Labute approximate surface area is 100 Å². The third kappa shape index (κ3) is 2.46. The summed E-state index contributed by atoms with van der Waals surface area (Å²) < 4.78 is 5.16. The molecule has 0 saturated carbocycles. The highest BCUT2D eigenvalue weighted by Gasteiger charge is 2.38. The van der Waals surface area contributed by atoms with E-state index in [9.17, 15) is 4.79 Å². The van der Waals surface area contributed by atoms with Gasteiger partial charge in [-0.05, 0) is 25.8 Å². The summed E-state index contributed by atoms with van der Waals surface area (Å²) in [5.41, 5.74) is -0.347. The Morgan fingerprint density at radius 1 is 1.59 bits per heavy atom. The van der Waals surface area contributed by atoms with E-state index in [4.69, 9.17) is 4.42 Å². The maximum absolute atomic E-state index is 12.3. The van der Waals surface area contributed by atoms with Gasteiger partial charge in [-0.25, -0.2) is 0 Å². The van der Waals surface area contributed by atoms with E-state index in [2.05, 4.69) is 20.8 Å². The van der Waals surface area contributed by atoms with Crippen LogP contribution in [0.25, 0.3) is 0 Å². The van der Waals surface area contributed by atoms with E-state index in [0.717, 1.165) is 25.8 Å². The highest BCUT2D eigenvalue weighted by Crippen LogP contribution is 2.31. The van der Waals surface area contributed by atoms with Crippen LogP contribution in [0.3, 0.4) is 0 Å². The van der Waals surface area contributed by atoms with Crippen LogP contribution in [0.1, 0.15) is 32.1 Å². The molecule has 94 valence electrons. The second kappa shape index (κ2) is 4.83. The van der Waals surface area contributed by atoms with Crippen molar-refractivity contribution < 1.29 is 9.21 Å². The molecule has 1 atom stereocenters. The van der Waals surface area contributed by atoms with Crippen molar-refractivity contribution in [1.29, 1.82) is 0 Å². The number of piperidine rings is 1. The van der Waals surface area contributed by atoms with Crippen molar-refractivity contribution >= 4 is 11.9 Å². The minimum absolute atomic E-state index is 0.0316. The van der Waals surface area contributed by atoms with E-state index in [-0.39, 0.29) is 17.3 Å². The molecule has 0 spiro atoms. The zero-order valence-electron chi connectivity index (χ0n) is 10.2. The minimum atomic E-state index is -0.347. The fourth-order valence-corrected chi connectivity index (χ4v) is 2.20. The smallest absolute Gasteiger partial charge is 0.322 e. The number of carbonyl (C=O) groups excluding carboxylic acids is 1. The standard InChI is InChI=1S/C11H18N4O2/c1-3-11(5-4-6-12-7-11)9(16)13-10-15-14-8(2)17-10/h12H,3-7H2,1-2H3,(H,13,15,16). The zero-order chi connectivity index (χ0) is 12.3. The summed E-state index contributed by atoms with van der Waals surface area (Å²) in [6.45, 7) is 5.42. The lowest BCUT2D eigenvalue weighted by Gasteiger charge is -2.34. The maximum Gasteiger partial charge on any atom is 0.322 e. The monoisotopic (exact) mass is 238 g/mol. The number of nitrogens with zero attached hydrogens (tertiary/aromatic N) is 2. The Bertz CT molecular complexity index is 396. The third-order valence-electron chi connectivity index (χ3n) is 3.38. The first-order valence-corrected chi connectivity index (χ1v) is 5.98. The highest BCUT2D eigenvalue weighted by molar-refractivity contribution is 5.93. The molecule has 6 heteroatoms. The number of rotatable bonds is 3. The van der Waals surface area contributed by atoms with Gasteiger partial charge in [-0.3, -0.25) is 10.1 Å². The number of nitrogens with one attached hydrogen (secondary N) is 2. The van der Waals surface area contributed by atoms with Crippen LogP contribution in [0.5, 0.6) is 0 Å². The zero-order valence-corrected chi connectivity index (χ0v) is 10.2. The van der Waals surface area contributed by atoms with Gasteiger partial charge >= 0.3 is 6.01 Å². The van der Waals surface area contributed by atoms with E-state index in [1.54, 1.807) is 6.92 Å². The number of anilines is 1. The van der Waals surface area contributed by atoms with Crippen LogP contribution in [0.2, 0.25) is 0 Å². The summed E-state index contributed by atoms with van der Waals surface area (Å²) in [7, 11) is 0. The molecule has 6 nitrogen and oxygen atoms in total. The normalized spacial score (nSPS) is 24.6. The van der Waals surface area contributed by atoms with Crippen molar-refractivity contribution in [2.24, 2.45) is 5.41 Å². The molecule has 17 heavy (non-hydrogen) atoms. The molecule has 0 aromatic carbocycles. The number of hydrogen-bond acceptors (Lipinski definition) is 5. The third-order valence-corrected chi connectivity index (χ3v) is 3.38. The molecule has 1 aliphatic heterocycles. The van der Waals surface area contributed by atoms with Gasteiger partial charge in [-0.15, -0.1) is 5.10 Å². The molecule has 0 aliphatic carbocycles. The topological polar surface area (TPSA) is 80.1 Å². The number of aryl methyl sites for hydroxylation is 1. The van der Waals surface area contributed by atoms with E-state index in [1.807, 2.05) is 6.92 Å². The molecule has 0 bridgehead atoms. The van der Waals surface area contributed by atoms with Crippen molar-refractivity contribution in [1.82, 2.24) is 15.5 Å². The molecule has 2 N–H and O–H groups in total. The van der Waals surface area contributed by atoms with Gasteiger partial charge in [0.05, 0.1) is 5.41 Å². The van der Waals surface area contributed by atoms with Gasteiger partial charge in [0, 0.05) is 13.5 Å². The van der Waals surface area contributed by atoms with E-state index >= 15 is 0 Å². The number of aromatic nitrogens is 2. The van der Waals surface area contributed by atoms with Crippen LogP contribution in [0.4, 0.5) is 6.01 Å². The maximum atomic E-state index is 12.3. The van der Waals surface area contributed by atoms with Crippen LogP contribution in [0.15, 0.2) is 4.42 Å². The van der Waals surface area contributed by atoms with Crippen LogP contribution in [-0.2, 0) is 4.79 Å². The molecular weight excluding hydrogens is 220 g/mol. The molecule has 1 aliphatic rings. The quantitative estimate of drug-likeness (QED) is 0.824. The molecule has 2 heterocycles. The minimum Gasteiger partial charge on any atom is -0.408 e. The Morgan fingerprint density at radius 3 is 2.94 bits per heavy atom. The van der Waals surface area contributed by atoms with E-state index < -0.39 is 0 Å². The predicted octanol–water partition coefficient (Wildman–Crippen LogP) is 1.10. The lowest BCUT2D eigenvalue weighted by atomic mass is 9.77. The molecule has 0 radical (unpaired) electrons. The fourth-order valence-electron chi connectivity index (χ4n) is 2.20. The second-order valence-corrected chi connectivity index (χ2v) is 4.49. The van der Waals surface area contributed by atoms with Crippen molar-refractivity contribution in [2.75, 3.05) is 18.4 Å². The van der Waals surface area contributed by atoms with Gasteiger partial charge < -0.3 is 9.73 Å². The Morgan fingerprint density at radius 2 is 2.41 bits per heavy atom. The highest BCUT2D eigenvalue weighted by atomic mass is 16.4. The molecule has 1 saturated heterocycles. The number of amides is 1. The lowest BCUT2D eigenvalue weighted by molar-refractivity contribution is -0.127. The first kappa shape index (κ1) is 12.0. The summed E-state index contributed by atoms with van der Waals surface area (Å²) in [6, 6.07) is 0.186. The van der Waals surface area contributed by atoms with Crippen molar-refractivity contribution in [3.05, 3.63) is 5.89 Å². The Hall–Kier alpha value is -1.43. The van der Waals surface area contributed by atoms with Gasteiger partial charge in [0.25, 0.3) is 0 Å². The van der Waals surface area contributed by atoms with Gasteiger partial charge in [0.1, 0.15) is 0 Å². The van der Waals surface area contributed by atoms with E-state index in [0.29, 0.717) is 12.4 Å². The first-order chi connectivity index (χ1) is 8.16. The summed E-state index contributed by atoms with van der Waals surface area (Å²) in [4.78, 5) is 12.3. The van der Waals surface area contributed by atoms with Crippen LogP contribution in [0, 0.1) is 12.3 Å². The van der Waals surface area contributed by atoms with Crippen LogP contribution < -0.4 is 10.6 Å². The number of carbonyl (C=O) groups is 1. The Balaban J connectivity index is 2.07. The van der Waals surface area contributed by atoms with Crippen LogP contribution in [-0.4, -0.2) is 29.2 Å². The molecule has 1 fully saturated rings. The summed E-state index contributed by atoms with van der Waals surface area (Å²) in [5, 5.41) is 13.4. The number of hydrogen-bond donors (Lipinski definition) is 2. The molecule has 2 rings (SSSR count). The molecule has 1 amide bonds. The largest absolute Gasteiger partial charge is 0.408 e. The SMILES string of the molecule is CCC1(C(=O)Nc2nnc(C)o2)CCCNC1.